The summed E-state index contributed by atoms with van der Waals surface area (Å²) in [4.78, 5) is 28.9. The van der Waals surface area contributed by atoms with Crippen molar-refractivity contribution in [1.82, 2.24) is 15.1 Å². The summed E-state index contributed by atoms with van der Waals surface area (Å²) in [7, 11) is 0. The SMILES string of the molecule is C[C@H]1C[C@@H](C(=O)N2CCN(CC(=O)Nc3ccc(Cl)cc3)CC2)CCN1. The first-order valence-electron chi connectivity index (χ1n) is 9.31. The van der Waals surface area contributed by atoms with Gasteiger partial charge in [-0.25, -0.2) is 0 Å². The molecule has 2 saturated heterocycles. The Morgan fingerprint density at radius 2 is 1.88 bits per heavy atom. The van der Waals surface area contributed by atoms with Gasteiger partial charge in [0.15, 0.2) is 0 Å². The lowest BCUT2D eigenvalue weighted by Gasteiger charge is -2.37. The van der Waals surface area contributed by atoms with Crippen molar-refractivity contribution in [3.63, 3.8) is 0 Å². The number of nitrogens with zero attached hydrogens (tertiary/aromatic N) is 2. The molecule has 2 atom stereocenters. The van der Waals surface area contributed by atoms with Gasteiger partial charge < -0.3 is 15.5 Å². The first-order chi connectivity index (χ1) is 12.5. The van der Waals surface area contributed by atoms with E-state index in [0.717, 1.165) is 38.2 Å². The summed E-state index contributed by atoms with van der Waals surface area (Å²) >= 11 is 5.85. The van der Waals surface area contributed by atoms with E-state index < -0.39 is 0 Å². The number of halogens is 1. The molecule has 3 rings (SSSR count). The van der Waals surface area contributed by atoms with Crippen LogP contribution in [0.5, 0.6) is 0 Å². The molecule has 0 unspecified atom stereocenters. The Balaban J connectivity index is 1.42. The zero-order valence-corrected chi connectivity index (χ0v) is 16.0. The van der Waals surface area contributed by atoms with Crippen molar-refractivity contribution in [2.24, 2.45) is 5.92 Å². The van der Waals surface area contributed by atoms with E-state index in [1.54, 1.807) is 24.3 Å². The van der Waals surface area contributed by atoms with Crippen molar-refractivity contribution in [2.45, 2.75) is 25.8 Å². The number of piperazine rings is 1. The van der Waals surface area contributed by atoms with E-state index in [1.165, 1.54) is 0 Å². The van der Waals surface area contributed by atoms with Crippen molar-refractivity contribution in [1.29, 1.82) is 0 Å². The zero-order valence-electron chi connectivity index (χ0n) is 15.2. The van der Waals surface area contributed by atoms with Crippen LogP contribution in [0.1, 0.15) is 19.8 Å². The van der Waals surface area contributed by atoms with Crippen LogP contribution < -0.4 is 10.6 Å². The van der Waals surface area contributed by atoms with Crippen LogP contribution in [0.25, 0.3) is 0 Å². The van der Waals surface area contributed by atoms with E-state index in [9.17, 15) is 9.59 Å². The minimum absolute atomic E-state index is 0.0423. The van der Waals surface area contributed by atoms with E-state index >= 15 is 0 Å². The van der Waals surface area contributed by atoms with Crippen molar-refractivity contribution in [2.75, 3.05) is 44.6 Å². The molecule has 1 aromatic rings. The highest BCUT2D eigenvalue weighted by Gasteiger charge is 2.30. The van der Waals surface area contributed by atoms with Gasteiger partial charge in [-0.15, -0.1) is 0 Å². The monoisotopic (exact) mass is 378 g/mol. The maximum atomic E-state index is 12.7. The maximum Gasteiger partial charge on any atom is 0.238 e. The Morgan fingerprint density at radius 3 is 2.54 bits per heavy atom. The molecule has 0 aliphatic carbocycles. The molecule has 0 radical (unpaired) electrons. The average Bonchev–Trinajstić information content (AvgIpc) is 2.64. The Hall–Kier alpha value is -1.63. The van der Waals surface area contributed by atoms with E-state index in [2.05, 4.69) is 22.5 Å². The van der Waals surface area contributed by atoms with Crippen LogP contribution in [0, 0.1) is 5.92 Å². The Morgan fingerprint density at radius 1 is 1.19 bits per heavy atom. The van der Waals surface area contributed by atoms with Gasteiger partial charge in [-0.2, -0.15) is 0 Å². The van der Waals surface area contributed by atoms with E-state index in [-0.39, 0.29) is 17.7 Å². The number of hydrogen-bond donors (Lipinski definition) is 2. The fraction of sp³-hybridized carbons (Fsp3) is 0.579. The second-order valence-electron chi connectivity index (χ2n) is 7.23. The van der Waals surface area contributed by atoms with Crippen LogP contribution in [-0.2, 0) is 9.59 Å². The third-order valence-electron chi connectivity index (χ3n) is 5.15. The minimum Gasteiger partial charge on any atom is -0.340 e. The number of amides is 2. The van der Waals surface area contributed by atoms with E-state index in [0.29, 0.717) is 30.7 Å². The van der Waals surface area contributed by atoms with Gasteiger partial charge in [0.25, 0.3) is 0 Å². The summed E-state index contributed by atoms with van der Waals surface area (Å²) in [6.07, 6.45) is 1.84. The highest BCUT2D eigenvalue weighted by atomic mass is 35.5. The summed E-state index contributed by atoms with van der Waals surface area (Å²) in [6.45, 7) is 6.27. The highest BCUT2D eigenvalue weighted by molar-refractivity contribution is 6.30. The predicted molar refractivity (Wildman–Crippen MR) is 103 cm³/mol. The molecule has 2 aliphatic heterocycles. The standard InChI is InChI=1S/C19H27ClN4O2/c1-14-12-15(6-7-21-14)19(26)24-10-8-23(9-11-24)13-18(25)22-17-4-2-16(20)3-5-17/h2-5,14-15,21H,6-13H2,1H3,(H,22,25)/t14-,15-/m0/s1. The average molecular weight is 379 g/mol. The minimum atomic E-state index is -0.0423. The Kier molecular flexibility index (Phi) is 6.51. The molecule has 0 bridgehead atoms. The number of nitrogens with one attached hydrogen (secondary N) is 2. The molecule has 6 nitrogen and oxygen atoms in total. The summed E-state index contributed by atoms with van der Waals surface area (Å²) in [6, 6.07) is 7.50. The van der Waals surface area contributed by atoms with Crippen molar-refractivity contribution >= 4 is 29.1 Å². The number of hydrogen-bond acceptors (Lipinski definition) is 4. The summed E-state index contributed by atoms with van der Waals surface area (Å²) in [5.74, 6) is 0.383. The second kappa shape index (κ2) is 8.84. The number of benzene rings is 1. The molecule has 2 aliphatic rings. The van der Waals surface area contributed by atoms with Gasteiger partial charge >= 0.3 is 0 Å². The molecular formula is C19H27ClN4O2. The maximum absolute atomic E-state index is 12.7. The summed E-state index contributed by atoms with van der Waals surface area (Å²) in [5.41, 5.74) is 0.744. The van der Waals surface area contributed by atoms with E-state index in [1.807, 2.05) is 4.90 Å². The van der Waals surface area contributed by atoms with Gasteiger partial charge in [0.05, 0.1) is 6.54 Å². The molecule has 142 valence electrons. The van der Waals surface area contributed by atoms with E-state index in [4.69, 9.17) is 11.6 Å². The number of rotatable bonds is 4. The predicted octanol–water partition coefficient (Wildman–Crippen LogP) is 1.81. The number of carbonyl (C=O) groups excluding carboxylic acids is 2. The first kappa shape index (κ1) is 19.1. The molecule has 0 saturated carbocycles. The summed E-state index contributed by atoms with van der Waals surface area (Å²) < 4.78 is 0. The van der Waals surface area contributed by atoms with Gasteiger partial charge in [0.1, 0.15) is 0 Å². The van der Waals surface area contributed by atoms with Gasteiger partial charge in [-0.05, 0) is 50.6 Å². The lowest BCUT2D eigenvalue weighted by Crippen LogP contribution is -2.53. The molecule has 26 heavy (non-hydrogen) atoms. The van der Waals surface area contributed by atoms with Gasteiger partial charge in [0, 0.05) is 48.8 Å². The fourth-order valence-corrected chi connectivity index (χ4v) is 3.80. The number of carbonyl (C=O) groups is 2. The van der Waals surface area contributed by atoms with Crippen molar-refractivity contribution in [3.8, 4) is 0 Å². The van der Waals surface area contributed by atoms with Crippen LogP contribution in [0.3, 0.4) is 0 Å². The van der Waals surface area contributed by atoms with Crippen LogP contribution in [0.15, 0.2) is 24.3 Å². The van der Waals surface area contributed by atoms with Crippen molar-refractivity contribution in [3.05, 3.63) is 29.3 Å². The summed E-state index contributed by atoms with van der Waals surface area (Å²) in [5, 5.41) is 6.92. The molecule has 7 heteroatoms. The van der Waals surface area contributed by atoms with Crippen LogP contribution in [-0.4, -0.2) is 66.9 Å². The lowest BCUT2D eigenvalue weighted by atomic mass is 9.92. The quantitative estimate of drug-likeness (QED) is 0.838. The highest BCUT2D eigenvalue weighted by Crippen LogP contribution is 2.20. The first-order valence-corrected chi connectivity index (χ1v) is 9.69. The third-order valence-corrected chi connectivity index (χ3v) is 5.40. The Bertz CT molecular complexity index is 629. The van der Waals surface area contributed by atoms with Crippen LogP contribution in [0.4, 0.5) is 5.69 Å². The van der Waals surface area contributed by atoms with Crippen LogP contribution >= 0.6 is 11.6 Å². The van der Waals surface area contributed by atoms with Crippen molar-refractivity contribution < 1.29 is 9.59 Å². The second-order valence-corrected chi connectivity index (χ2v) is 7.67. The molecule has 2 heterocycles. The topological polar surface area (TPSA) is 64.7 Å². The normalized spacial score (nSPS) is 24.3. The van der Waals surface area contributed by atoms with Crippen LogP contribution in [0.2, 0.25) is 5.02 Å². The molecule has 0 aromatic heterocycles. The third kappa shape index (κ3) is 5.19. The molecule has 1 aromatic carbocycles. The molecule has 2 N–H and O–H groups in total. The Labute approximate surface area is 159 Å². The molecule has 2 amide bonds. The number of piperidine rings is 1. The number of anilines is 1. The fourth-order valence-electron chi connectivity index (χ4n) is 3.68. The van der Waals surface area contributed by atoms with Gasteiger partial charge in [0.2, 0.25) is 11.8 Å². The van der Waals surface area contributed by atoms with Gasteiger partial charge in [-0.3, -0.25) is 14.5 Å². The lowest BCUT2D eigenvalue weighted by molar-refractivity contribution is -0.138. The smallest absolute Gasteiger partial charge is 0.238 e. The van der Waals surface area contributed by atoms with Gasteiger partial charge in [-0.1, -0.05) is 11.6 Å². The zero-order chi connectivity index (χ0) is 18.5. The largest absolute Gasteiger partial charge is 0.340 e. The molecular weight excluding hydrogens is 352 g/mol. The molecule has 2 fully saturated rings. The molecule has 0 spiro atoms.